The van der Waals surface area contributed by atoms with Crippen LogP contribution in [0.4, 0.5) is 5.69 Å². The number of amidine groups is 1. The fraction of sp³-hybridized carbons (Fsp3) is 0.269. The van der Waals surface area contributed by atoms with Gasteiger partial charge in [0.25, 0.3) is 0 Å². The number of rotatable bonds is 8. The van der Waals surface area contributed by atoms with Crippen LogP contribution in [-0.4, -0.2) is 34.9 Å². The van der Waals surface area contributed by atoms with Crippen LogP contribution in [0.1, 0.15) is 37.1 Å². The SMILES string of the molecule is CC(C)(O)c1cccc(NC(=O)CCc2cccc(Oc3ccnc(C4=NCCN4)c3)c2)c1. The highest BCUT2D eigenvalue weighted by Crippen LogP contribution is 2.24. The molecule has 0 atom stereocenters. The standard InChI is InChI=1S/C26H28N4O3/c1-26(2,32)19-6-4-7-20(16-19)30-24(31)10-9-18-5-3-8-21(15-18)33-22-11-12-27-23(17-22)25-28-13-14-29-25/h3-8,11-12,15-17,32H,9-10,13-14H2,1-2H3,(H,28,29)(H,30,31). The summed E-state index contributed by atoms with van der Waals surface area (Å²) in [5.41, 5.74) is 2.22. The van der Waals surface area contributed by atoms with E-state index in [0.717, 1.165) is 35.7 Å². The van der Waals surface area contributed by atoms with Gasteiger partial charge in [-0.15, -0.1) is 0 Å². The van der Waals surface area contributed by atoms with E-state index in [9.17, 15) is 9.90 Å². The molecule has 2 heterocycles. The van der Waals surface area contributed by atoms with Gasteiger partial charge in [-0.3, -0.25) is 14.8 Å². The first-order chi connectivity index (χ1) is 15.9. The predicted octanol–water partition coefficient (Wildman–Crippen LogP) is 4.02. The summed E-state index contributed by atoms with van der Waals surface area (Å²) in [4.78, 5) is 21.2. The van der Waals surface area contributed by atoms with Crippen molar-refractivity contribution in [3.8, 4) is 11.5 Å². The molecule has 0 unspecified atom stereocenters. The molecule has 170 valence electrons. The second kappa shape index (κ2) is 9.83. The molecule has 7 nitrogen and oxygen atoms in total. The second-order valence-electron chi connectivity index (χ2n) is 8.47. The van der Waals surface area contributed by atoms with Gasteiger partial charge in [-0.25, -0.2) is 0 Å². The van der Waals surface area contributed by atoms with Crippen molar-refractivity contribution in [1.29, 1.82) is 0 Å². The number of benzene rings is 2. The minimum atomic E-state index is -0.960. The van der Waals surface area contributed by atoms with E-state index in [-0.39, 0.29) is 5.91 Å². The molecule has 0 spiro atoms. The number of nitrogens with zero attached hydrogens (tertiary/aromatic N) is 2. The maximum Gasteiger partial charge on any atom is 0.224 e. The van der Waals surface area contributed by atoms with E-state index in [0.29, 0.717) is 30.0 Å². The number of amides is 1. The number of pyridine rings is 1. The first-order valence-corrected chi connectivity index (χ1v) is 11.0. The van der Waals surface area contributed by atoms with Gasteiger partial charge in [0.05, 0.1) is 12.1 Å². The lowest BCUT2D eigenvalue weighted by Gasteiger charge is -2.18. The predicted molar refractivity (Wildman–Crippen MR) is 129 cm³/mol. The third-order valence-corrected chi connectivity index (χ3v) is 5.28. The van der Waals surface area contributed by atoms with E-state index in [4.69, 9.17) is 4.74 Å². The Balaban J connectivity index is 1.35. The number of aliphatic imine (C=N–C) groups is 1. The number of ether oxygens (including phenoxy) is 1. The fourth-order valence-electron chi connectivity index (χ4n) is 3.53. The highest BCUT2D eigenvalue weighted by atomic mass is 16.5. The van der Waals surface area contributed by atoms with Crippen LogP contribution in [0.15, 0.2) is 71.9 Å². The first-order valence-electron chi connectivity index (χ1n) is 11.0. The summed E-state index contributed by atoms with van der Waals surface area (Å²) >= 11 is 0. The van der Waals surface area contributed by atoms with E-state index < -0.39 is 5.60 Å². The van der Waals surface area contributed by atoms with E-state index in [1.165, 1.54) is 0 Å². The summed E-state index contributed by atoms with van der Waals surface area (Å²) in [7, 11) is 0. The molecule has 3 N–H and O–H groups in total. The topological polar surface area (TPSA) is 95.8 Å². The van der Waals surface area contributed by atoms with Crippen molar-refractivity contribution < 1.29 is 14.6 Å². The minimum absolute atomic E-state index is 0.0853. The molecule has 2 aromatic carbocycles. The highest BCUT2D eigenvalue weighted by Gasteiger charge is 2.16. The summed E-state index contributed by atoms with van der Waals surface area (Å²) in [5, 5.41) is 16.3. The normalized spacial score (nSPS) is 13.2. The average Bonchev–Trinajstić information content (AvgIpc) is 3.33. The third-order valence-electron chi connectivity index (χ3n) is 5.28. The number of carbonyl (C=O) groups excluding carboxylic acids is 1. The summed E-state index contributed by atoms with van der Waals surface area (Å²) < 4.78 is 6.02. The van der Waals surface area contributed by atoms with Crippen LogP contribution in [0.25, 0.3) is 0 Å². The Hall–Kier alpha value is -3.71. The zero-order valence-corrected chi connectivity index (χ0v) is 18.8. The van der Waals surface area contributed by atoms with Gasteiger partial charge >= 0.3 is 0 Å². The molecule has 4 rings (SSSR count). The van der Waals surface area contributed by atoms with Crippen molar-refractivity contribution in [1.82, 2.24) is 10.3 Å². The number of aryl methyl sites for hydroxylation is 1. The zero-order chi connectivity index (χ0) is 23.3. The number of aromatic nitrogens is 1. The quantitative estimate of drug-likeness (QED) is 0.488. The van der Waals surface area contributed by atoms with Crippen molar-refractivity contribution in [2.24, 2.45) is 4.99 Å². The molecule has 0 saturated carbocycles. The van der Waals surface area contributed by atoms with Gasteiger partial charge < -0.3 is 20.5 Å². The van der Waals surface area contributed by atoms with Crippen LogP contribution in [0.3, 0.4) is 0 Å². The van der Waals surface area contributed by atoms with E-state index in [1.807, 2.05) is 48.5 Å². The lowest BCUT2D eigenvalue weighted by atomic mass is 9.98. The molecule has 1 aliphatic heterocycles. The Morgan fingerprint density at radius 3 is 2.73 bits per heavy atom. The van der Waals surface area contributed by atoms with E-state index in [1.54, 1.807) is 32.2 Å². The largest absolute Gasteiger partial charge is 0.457 e. The van der Waals surface area contributed by atoms with Crippen LogP contribution in [0.2, 0.25) is 0 Å². The lowest BCUT2D eigenvalue weighted by molar-refractivity contribution is -0.116. The van der Waals surface area contributed by atoms with Crippen LogP contribution < -0.4 is 15.4 Å². The summed E-state index contributed by atoms with van der Waals surface area (Å²) in [6.07, 6.45) is 2.62. The second-order valence-corrected chi connectivity index (χ2v) is 8.47. The molecule has 3 aromatic rings. The Bertz CT molecular complexity index is 1170. The molecule has 0 aliphatic carbocycles. The molecule has 1 amide bonds. The average molecular weight is 445 g/mol. The van der Waals surface area contributed by atoms with Crippen LogP contribution in [0.5, 0.6) is 11.5 Å². The van der Waals surface area contributed by atoms with Crippen molar-refractivity contribution >= 4 is 17.4 Å². The molecule has 33 heavy (non-hydrogen) atoms. The number of hydrogen-bond acceptors (Lipinski definition) is 6. The molecule has 0 fully saturated rings. The van der Waals surface area contributed by atoms with Crippen molar-refractivity contribution in [2.45, 2.75) is 32.3 Å². The summed E-state index contributed by atoms with van der Waals surface area (Å²) in [6, 6.07) is 18.7. The summed E-state index contributed by atoms with van der Waals surface area (Å²) in [6.45, 7) is 5.01. The van der Waals surface area contributed by atoms with Crippen molar-refractivity contribution in [3.63, 3.8) is 0 Å². The molecule has 0 bridgehead atoms. The highest BCUT2D eigenvalue weighted by molar-refractivity contribution is 5.98. The molecular weight excluding hydrogens is 416 g/mol. The van der Waals surface area contributed by atoms with Gasteiger partial charge in [0.15, 0.2) is 0 Å². The summed E-state index contributed by atoms with van der Waals surface area (Å²) in [5.74, 6) is 2.08. The van der Waals surface area contributed by atoms with Gasteiger partial charge in [0.2, 0.25) is 5.91 Å². The number of carbonyl (C=O) groups is 1. The number of aliphatic hydroxyl groups is 1. The number of anilines is 1. The van der Waals surface area contributed by atoms with Crippen LogP contribution >= 0.6 is 0 Å². The van der Waals surface area contributed by atoms with Crippen molar-refractivity contribution in [2.75, 3.05) is 18.4 Å². The van der Waals surface area contributed by atoms with Crippen LogP contribution in [0, 0.1) is 0 Å². The minimum Gasteiger partial charge on any atom is -0.457 e. The van der Waals surface area contributed by atoms with Crippen molar-refractivity contribution in [3.05, 3.63) is 83.7 Å². The zero-order valence-electron chi connectivity index (χ0n) is 18.8. The smallest absolute Gasteiger partial charge is 0.224 e. The lowest BCUT2D eigenvalue weighted by Crippen LogP contribution is -2.20. The van der Waals surface area contributed by atoms with Gasteiger partial charge in [-0.2, -0.15) is 0 Å². The Morgan fingerprint density at radius 2 is 1.94 bits per heavy atom. The maximum atomic E-state index is 12.5. The number of hydrogen-bond donors (Lipinski definition) is 3. The Morgan fingerprint density at radius 1 is 1.12 bits per heavy atom. The number of nitrogens with one attached hydrogen (secondary N) is 2. The van der Waals surface area contributed by atoms with Crippen LogP contribution in [-0.2, 0) is 16.8 Å². The third kappa shape index (κ3) is 6.17. The maximum absolute atomic E-state index is 12.5. The Labute approximate surface area is 193 Å². The first kappa shape index (κ1) is 22.5. The van der Waals surface area contributed by atoms with E-state index >= 15 is 0 Å². The van der Waals surface area contributed by atoms with E-state index in [2.05, 4.69) is 20.6 Å². The Kier molecular flexibility index (Phi) is 6.70. The molecule has 7 heteroatoms. The van der Waals surface area contributed by atoms with Gasteiger partial charge in [-0.1, -0.05) is 24.3 Å². The molecule has 0 saturated heterocycles. The van der Waals surface area contributed by atoms with Gasteiger partial charge in [0.1, 0.15) is 23.0 Å². The monoisotopic (exact) mass is 444 g/mol. The van der Waals surface area contributed by atoms with Gasteiger partial charge in [-0.05, 0) is 61.7 Å². The molecule has 1 aliphatic rings. The van der Waals surface area contributed by atoms with Gasteiger partial charge in [0, 0.05) is 30.9 Å². The molecule has 0 radical (unpaired) electrons. The molecular formula is C26H28N4O3. The molecule has 1 aromatic heterocycles. The fourth-order valence-corrected chi connectivity index (χ4v) is 3.53.